The number of amides is 1. The average Bonchev–Trinajstić information content (AvgIpc) is 2.14. The van der Waals surface area contributed by atoms with E-state index in [-0.39, 0.29) is 16.6 Å². The smallest absolute Gasteiger partial charge is 0.242 e. The molecule has 1 N–H and O–H groups in total. The van der Waals surface area contributed by atoms with E-state index >= 15 is 0 Å². The van der Waals surface area contributed by atoms with Crippen LogP contribution in [0.5, 0.6) is 0 Å². The Morgan fingerprint density at radius 1 is 1.50 bits per heavy atom. The minimum atomic E-state index is -3.58. The summed E-state index contributed by atoms with van der Waals surface area (Å²) < 4.78 is 30.9. The molecule has 1 aliphatic heterocycles. The summed E-state index contributed by atoms with van der Waals surface area (Å²) in [6.07, 6.45) is 0. The summed E-state index contributed by atoms with van der Waals surface area (Å²) >= 11 is 0. The quantitative estimate of drug-likeness (QED) is 0.692. The van der Waals surface area contributed by atoms with E-state index in [4.69, 9.17) is 1.37 Å². The molecule has 1 aliphatic rings. The van der Waals surface area contributed by atoms with E-state index in [1.54, 1.807) is 0 Å². The first-order valence-electron chi connectivity index (χ1n) is 4.58. The minimum Gasteiger partial charge on any atom is -0.324 e. The van der Waals surface area contributed by atoms with E-state index in [9.17, 15) is 13.2 Å². The van der Waals surface area contributed by atoms with Crippen molar-refractivity contribution in [3.63, 3.8) is 0 Å². The molecule has 0 spiro atoms. The van der Waals surface area contributed by atoms with Gasteiger partial charge < -0.3 is 5.32 Å². The van der Waals surface area contributed by atoms with Crippen LogP contribution in [0.1, 0.15) is 8.29 Å². The summed E-state index contributed by atoms with van der Waals surface area (Å²) in [6, 6.07) is 4.24. The van der Waals surface area contributed by atoms with Gasteiger partial charge in [0, 0.05) is 0 Å². The number of benzene rings is 1. The third kappa shape index (κ3) is 1.13. The van der Waals surface area contributed by atoms with Crippen molar-refractivity contribution in [2.24, 2.45) is 0 Å². The Labute approximate surface area is 83.3 Å². The fourth-order valence-electron chi connectivity index (χ4n) is 1.33. The maximum atomic E-state index is 11.8. The molecule has 1 aromatic rings. The first kappa shape index (κ1) is 7.99. The third-order valence-electron chi connectivity index (χ3n) is 2.22. The molecule has 0 aliphatic carbocycles. The van der Waals surface area contributed by atoms with E-state index < -0.39 is 21.0 Å². The van der Waals surface area contributed by atoms with Crippen molar-refractivity contribution in [1.82, 2.24) is 0 Å². The van der Waals surface area contributed by atoms with Gasteiger partial charge >= 0.3 is 0 Å². The van der Waals surface area contributed by atoms with Gasteiger partial charge in [0.25, 0.3) is 0 Å². The highest BCUT2D eigenvalue weighted by Crippen LogP contribution is 2.29. The summed E-state index contributed by atoms with van der Waals surface area (Å²) in [5.74, 6) is -0.548. The maximum Gasteiger partial charge on any atom is 0.242 e. The first-order valence-corrected chi connectivity index (χ1v) is 5.63. The van der Waals surface area contributed by atoms with Gasteiger partial charge in [-0.25, -0.2) is 8.42 Å². The van der Waals surface area contributed by atoms with Crippen LogP contribution >= 0.6 is 0 Å². The van der Waals surface area contributed by atoms with Gasteiger partial charge in [-0.3, -0.25) is 4.79 Å². The number of rotatable bonds is 0. The van der Waals surface area contributed by atoms with Gasteiger partial charge in [0.1, 0.15) is 5.25 Å². The lowest BCUT2D eigenvalue weighted by Crippen LogP contribution is -2.37. The highest BCUT2D eigenvalue weighted by Gasteiger charge is 2.36. The van der Waals surface area contributed by atoms with E-state index in [1.807, 2.05) is 0 Å². The molecule has 4 nitrogen and oxygen atoms in total. The van der Waals surface area contributed by atoms with Gasteiger partial charge in [-0.2, -0.15) is 0 Å². The van der Waals surface area contributed by atoms with Crippen molar-refractivity contribution < 1.29 is 14.6 Å². The van der Waals surface area contributed by atoms with Gasteiger partial charge in [0.2, 0.25) is 5.91 Å². The lowest BCUT2D eigenvalue weighted by atomic mass is 10.3. The predicted molar refractivity (Wildman–Crippen MR) is 51.7 cm³/mol. The summed E-state index contributed by atoms with van der Waals surface area (Å²) in [4.78, 5) is 11.4. The van der Waals surface area contributed by atoms with E-state index in [0.29, 0.717) is 0 Å². The number of para-hydroxylation sites is 1. The van der Waals surface area contributed by atoms with Crippen LogP contribution in [0.25, 0.3) is 0 Å². The molecule has 0 bridgehead atoms. The molecule has 74 valence electrons. The van der Waals surface area contributed by atoms with Crippen LogP contribution in [0.4, 0.5) is 5.69 Å². The van der Waals surface area contributed by atoms with Gasteiger partial charge in [0.15, 0.2) is 9.84 Å². The van der Waals surface area contributed by atoms with Crippen LogP contribution in [-0.4, -0.2) is 19.6 Å². The molecule has 1 aromatic carbocycles. The Morgan fingerprint density at radius 2 is 2.21 bits per heavy atom. The van der Waals surface area contributed by atoms with E-state index in [2.05, 4.69) is 5.32 Å². The molecule has 0 radical (unpaired) electrons. The second-order valence-corrected chi connectivity index (χ2v) is 5.34. The molecule has 0 saturated carbocycles. The summed E-state index contributed by atoms with van der Waals surface area (Å²) in [7, 11) is -3.58. The summed E-state index contributed by atoms with van der Waals surface area (Å²) in [6.45, 7) is 1.35. The fourth-order valence-corrected chi connectivity index (χ4v) is 2.72. The molecule has 1 atom stereocenters. The molecule has 0 aromatic heterocycles. The Balaban J connectivity index is 2.72. The zero-order valence-electron chi connectivity index (χ0n) is 8.44. The minimum absolute atomic E-state index is 0.0885. The van der Waals surface area contributed by atoms with Crippen molar-refractivity contribution in [3.8, 4) is 0 Å². The molecule has 2 rings (SSSR count). The highest BCUT2D eigenvalue weighted by atomic mass is 32.2. The number of nitrogens with one attached hydrogen (secondary N) is 1. The van der Waals surface area contributed by atoms with E-state index in [0.717, 1.165) is 0 Å². The topological polar surface area (TPSA) is 63.2 Å². The van der Waals surface area contributed by atoms with Crippen molar-refractivity contribution in [2.75, 3.05) is 5.32 Å². The molecule has 0 fully saturated rings. The Morgan fingerprint density at radius 3 is 2.93 bits per heavy atom. The van der Waals surface area contributed by atoms with Crippen molar-refractivity contribution >= 4 is 21.4 Å². The number of fused-ring (bicyclic) bond motifs is 1. The first-order chi connectivity index (χ1) is 6.93. The number of sulfone groups is 1. The second kappa shape index (κ2) is 2.81. The molecule has 1 unspecified atom stereocenters. The van der Waals surface area contributed by atoms with Crippen molar-refractivity contribution in [3.05, 3.63) is 24.2 Å². The molecule has 1 amide bonds. The van der Waals surface area contributed by atoms with E-state index in [1.165, 1.54) is 25.1 Å². The summed E-state index contributed by atoms with van der Waals surface area (Å²) in [5.41, 5.74) is 0.200. The van der Waals surface area contributed by atoms with Crippen LogP contribution in [0.15, 0.2) is 29.1 Å². The Kier molecular flexibility index (Phi) is 1.61. The molecule has 14 heavy (non-hydrogen) atoms. The van der Waals surface area contributed by atoms with Crippen LogP contribution in [0, 0.1) is 0 Å². The zero-order valence-corrected chi connectivity index (χ0v) is 8.26. The largest absolute Gasteiger partial charge is 0.324 e. The zero-order chi connectivity index (χ0) is 11.2. The number of anilines is 1. The van der Waals surface area contributed by atoms with Crippen molar-refractivity contribution in [2.45, 2.75) is 17.1 Å². The van der Waals surface area contributed by atoms with Crippen LogP contribution in [-0.2, 0) is 14.6 Å². The third-order valence-corrected chi connectivity index (χ3v) is 4.34. The molecule has 0 saturated heterocycles. The monoisotopic (exact) mass is 212 g/mol. The number of hydrogen-bond acceptors (Lipinski definition) is 3. The van der Waals surface area contributed by atoms with Gasteiger partial charge in [-0.05, 0) is 19.1 Å². The fraction of sp³-hybridized carbons (Fsp3) is 0.222. The number of carbonyl (C=O) groups is 1. The van der Waals surface area contributed by atoms with Gasteiger partial charge in [0.05, 0.1) is 12.0 Å². The lowest BCUT2D eigenvalue weighted by Gasteiger charge is -2.21. The van der Waals surface area contributed by atoms with Crippen LogP contribution < -0.4 is 5.32 Å². The SMILES string of the molecule is [2H]c1ccc2c(c1)NC(=O)C(C)S2(=O)=O. The lowest BCUT2D eigenvalue weighted by molar-refractivity contribution is -0.115. The molecule has 5 heteroatoms. The maximum absolute atomic E-state index is 11.8. The molecular formula is C9H9NO3S. The van der Waals surface area contributed by atoms with Gasteiger partial charge in [-0.1, -0.05) is 12.1 Å². The second-order valence-electron chi connectivity index (χ2n) is 3.10. The average molecular weight is 212 g/mol. The Bertz CT molecular complexity index is 538. The van der Waals surface area contributed by atoms with Crippen LogP contribution in [0.2, 0.25) is 0 Å². The predicted octanol–water partition coefficient (Wildman–Crippen LogP) is 0.801. The van der Waals surface area contributed by atoms with Crippen molar-refractivity contribution in [1.29, 1.82) is 0 Å². The van der Waals surface area contributed by atoms with Gasteiger partial charge in [-0.15, -0.1) is 0 Å². The molecule has 1 heterocycles. The Hall–Kier alpha value is -1.36. The summed E-state index contributed by atoms with van der Waals surface area (Å²) in [5, 5.41) is 1.40. The normalized spacial score (nSPS) is 24.8. The standard InChI is InChI=1S/C9H9NO3S/c1-6-9(11)10-7-4-2-3-5-8(7)14(6,12)13/h2-6H,1H3,(H,10,11)/i2D. The molecular weight excluding hydrogens is 202 g/mol. The number of hydrogen-bond donors (Lipinski definition) is 1. The highest BCUT2D eigenvalue weighted by molar-refractivity contribution is 7.93. The number of carbonyl (C=O) groups excluding carboxylic acids is 1. The van der Waals surface area contributed by atoms with Crippen LogP contribution in [0.3, 0.4) is 0 Å².